The first-order valence-electron chi connectivity index (χ1n) is 8.55. The van der Waals surface area contributed by atoms with Crippen molar-refractivity contribution < 1.29 is 14.7 Å². The number of carbonyl (C=O) groups is 2. The van der Waals surface area contributed by atoms with Crippen LogP contribution in [0.2, 0.25) is 0 Å². The summed E-state index contributed by atoms with van der Waals surface area (Å²) in [7, 11) is 0. The minimum atomic E-state index is -0.766. The van der Waals surface area contributed by atoms with Gasteiger partial charge >= 0.3 is 5.97 Å². The van der Waals surface area contributed by atoms with E-state index >= 15 is 0 Å². The lowest BCUT2D eigenvalue weighted by molar-refractivity contribution is -0.140. The van der Waals surface area contributed by atoms with Gasteiger partial charge < -0.3 is 10.4 Å². The Bertz CT molecular complexity index is 414. The van der Waals surface area contributed by atoms with Crippen molar-refractivity contribution in [2.75, 3.05) is 6.54 Å². The van der Waals surface area contributed by atoms with Gasteiger partial charge in [-0.3, -0.25) is 9.59 Å². The molecule has 3 saturated carbocycles. The van der Waals surface area contributed by atoms with Gasteiger partial charge in [-0.05, 0) is 55.3 Å². The van der Waals surface area contributed by atoms with Gasteiger partial charge in [-0.15, -0.1) is 0 Å². The maximum absolute atomic E-state index is 12.2. The smallest absolute Gasteiger partial charge is 0.303 e. The standard InChI is InChI=1S/C17H27NO3/c19-15(9-17(10-16(20)21)5-1-2-6-17)18-11-14-8-12-3-4-13(14)7-12/h12-14H,1-11H2,(H,18,19)(H,20,21). The predicted molar refractivity (Wildman–Crippen MR) is 79.7 cm³/mol. The minimum absolute atomic E-state index is 0.0703. The molecule has 2 N–H and O–H groups in total. The van der Waals surface area contributed by atoms with Crippen molar-refractivity contribution in [2.24, 2.45) is 23.2 Å². The zero-order valence-electron chi connectivity index (χ0n) is 12.8. The molecule has 0 aromatic carbocycles. The van der Waals surface area contributed by atoms with Gasteiger partial charge in [0.2, 0.25) is 5.91 Å². The highest BCUT2D eigenvalue weighted by atomic mass is 16.4. The van der Waals surface area contributed by atoms with Gasteiger partial charge in [-0.25, -0.2) is 0 Å². The summed E-state index contributed by atoms with van der Waals surface area (Å²) in [6.45, 7) is 0.809. The van der Waals surface area contributed by atoms with Crippen molar-refractivity contribution in [1.29, 1.82) is 0 Å². The van der Waals surface area contributed by atoms with E-state index in [2.05, 4.69) is 5.32 Å². The molecule has 4 heteroatoms. The topological polar surface area (TPSA) is 66.4 Å². The summed E-state index contributed by atoms with van der Waals surface area (Å²) in [5.74, 6) is 1.71. The predicted octanol–water partition coefficient (Wildman–Crippen LogP) is 2.96. The molecule has 1 amide bonds. The fraction of sp³-hybridized carbons (Fsp3) is 0.882. The molecule has 3 fully saturated rings. The number of carboxylic acids is 1. The van der Waals surface area contributed by atoms with Gasteiger partial charge in [0, 0.05) is 13.0 Å². The van der Waals surface area contributed by atoms with Crippen molar-refractivity contribution in [1.82, 2.24) is 5.32 Å². The summed E-state index contributed by atoms with van der Waals surface area (Å²) in [6.07, 6.45) is 9.83. The Morgan fingerprint density at radius 1 is 1.10 bits per heavy atom. The molecule has 0 radical (unpaired) electrons. The highest BCUT2D eigenvalue weighted by Crippen LogP contribution is 2.48. The molecule has 118 valence electrons. The Balaban J connectivity index is 1.47. The Hall–Kier alpha value is -1.06. The molecule has 4 nitrogen and oxygen atoms in total. The van der Waals surface area contributed by atoms with Crippen molar-refractivity contribution in [3.8, 4) is 0 Å². The largest absolute Gasteiger partial charge is 0.481 e. The van der Waals surface area contributed by atoms with Crippen LogP contribution in [0.5, 0.6) is 0 Å². The van der Waals surface area contributed by atoms with Crippen LogP contribution >= 0.6 is 0 Å². The molecular weight excluding hydrogens is 266 g/mol. The normalized spacial score (nSPS) is 33.2. The first kappa shape index (κ1) is 14.9. The molecule has 3 rings (SSSR count). The average Bonchev–Trinajstić information content (AvgIpc) is 3.12. The van der Waals surface area contributed by atoms with E-state index in [1.165, 1.54) is 25.7 Å². The van der Waals surface area contributed by atoms with Crippen LogP contribution in [0.15, 0.2) is 0 Å². The molecular formula is C17H27NO3. The third-order valence-corrected chi connectivity index (χ3v) is 6.17. The van der Waals surface area contributed by atoms with Crippen LogP contribution in [0.3, 0.4) is 0 Å². The fourth-order valence-corrected chi connectivity index (χ4v) is 5.14. The van der Waals surface area contributed by atoms with Crippen molar-refractivity contribution in [3.05, 3.63) is 0 Å². The van der Waals surface area contributed by atoms with E-state index in [0.29, 0.717) is 12.3 Å². The molecule has 0 aliphatic heterocycles. The van der Waals surface area contributed by atoms with E-state index < -0.39 is 5.97 Å². The Kier molecular flexibility index (Phi) is 4.23. The molecule has 0 spiro atoms. The van der Waals surface area contributed by atoms with Crippen LogP contribution in [0.4, 0.5) is 0 Å². The summed E-state index contributed by atoms with van der Waals surface area (Å²) in [6, 6.07) is 0. The molecule has 3 aliphatic rings. The average molecular weight is 293 g/mol. The van der Waals surface area contributed by atoms with Crippen molar-refractivity contribution >= 4 is 11.9 Å². The summed E-state index contributed by atoms with van der Waals surface area (Å²) >= 11 is 0. The lowest BCUT2D eigenvalue weighted by Gasteiger charge is -2.27. The number of hydrogen-bond acceptors (Lipinski definition) is 2. The quantitative estimate of drug-likeness (QED) is 0.791. The number of amides is 1. The number of carboxylic acid groups (broad SMARTS) is 1. The molecule has 3 aliphatic carbocycles. The fourth-order valence-electron chi connectivity index (χ4n) is 5.14. The molecule has 21 heavy (non-hydrogen) atoms. The third-order valence-electron chi connectivity index (χ3n) is 6.17. The molecule has 0 saturated heterocycles. The maximum Gasteiger partial charge on any atom is 0.303 e. The molecule has 3 atom stereocenters. The zero-order valence-corrected chi connectivity index (χ0v) is 12.8. The minimum Gasteiger partial charge on any atom is -0.481 e. The van der Waals surface area contributed by atoms with Crippen LogP contribution in [-0.4, -0.2) is 23.5 Å². The van der Waals surface area contributed by atoms with Crippen molar-refractivity contribution in [3.63, 3.8) is 0 Å². The summed E-state index contributed by atoms with van der Waals surface area (Å²) in [5, 5.41) is 12.2. The number of carbonyl (C=O) groups excluding carboxylic acids is 1. The number of rotatable bonds is 6. The molecule has 2 bridgehead atoms. The Morgan fingerprint density at radius 3 is 2.43 bits per heavy atom. The number of aliphatic carboxylic acids is 1. The molecule has 3 unspecified atom stereocenters. The molecule has 0 heterocycles. The van der Waals surface area contributed by atoms with Crippen LogP contribution in [0.25, 0.3) is 0 Å². The lowest BCUT2D eigenvalue weighted by Crippen LogP contribution is -2.35. The second-order valence-electron chi connectivity index (χ2n) is 7.69. The SMILES string of the molecule is O=C(O)CC1(CC(=O)NCC2CC3CCC2C3)CCCC1. The van der Waals surface area contributed by atoms with Gasteiger partial charge in [-0.2, -0.15) is 0 Å². The second kappa shape index (κ2) is 5.98. The third kappa shape index (κ3) is 3.41. The number of fused-ring (bicyclic) bond motifs is 2. The summed E-state index contributed by atoms with van der Waals surface area (Å²) in [4.78, 5) is 23.3. The molecule has 0 aromatic heterocycles. The van der Waals surface area contributed by atoms with E-state index in [0.717, 1.165) is 44.1 Å². The maximum atomic E-state index is 12.2. The van der Waals surface area contributed by atoms with Crippen LogP contribution in [0.1, 0.15) is 64.2 Å². The number of nitrogens with one attached hydrogen (secondary N) is 1. The number of hydrogen-bond donors (Lipinski definition) is 2. The second-order valence-corrected chi connectivity index (χ2v) is 7.69. The monoisotopic (exact) mass is 293 g/mol. The van der Waals surface area contributed by atoms with E-state index in [9.17, 15) is 9.59 Å². The zero-order chi connectivity index (χ0) is 14.9. The van der Waals surface area contributed by atoms with E-state index in [1.54, 1.807) is 0 Å². The first-order chi connectivity index (χ1) is 10.1. The van der Waals surface area contributed by atoms with E-state index in [1.807, 2.05) is 0 Å². The van der Waals surface area contributed by atoms with Gasteiger partial charge in [-0.1, -0.05) is 19.3 Å². The van der Waals surface area contributed by atoms with Crippen molar-refractivity contribution in [2.45, 2.75) is 64.2 Å². The summed E-state index contributed by atoms with van der Waals surface area (Å²) < 4.78 is 0. The lowest BCUT2D eigenvalue weighted by atomic mass is 9.79. The van der Waals surface area contributed by atoms with Gasteiger partial charge in [0.15, 0.2) is 0 Å². The summed E-state index contributed by atoms with van der Waals surface area (Å²) in [5.41, 5.74) is -0.273. The highest BCUT2D eigenvalue weighted by Gasteiger charge is 2.40. The van der Waals surface area contributed by atoms with Crippen LogP contribution in [0, 0.1) is 23.2 Å². The van der Waals surface area contributed by atoms with Gasteiger partial charge in [0.25, 0.3) is 0 Å². The van der Waals surface area contributed by atoms with Crippen LogP contribution in [-0.2, 0) is 9.59 Å². The Labute approximate surface area is 126 Å². The van der Waals surface area contributed by atoms with E-state index in [4.69, 9.17) is 5.11 Å². The van der Waals surface area contributed by atoms with Gasteiger partial charge in [0.05, 0.1) is 6.42 Å². The first-order valence-corrected chi connectivity index (χ1v) is 8.55. The Morgan fingerprint density at radius 2 is 1.86 bits per heavy atom. The van der Waals surface area contributed by atoms with E-state index in [-0.39, 0.29) is 17.7 Å². The molecule has 0 aromatic rings. The van der Waals surface area contributed by atoms with Crippen LogP contribution < -0.4 is 5.32 Å². The highest BCUT2D eigenvalue weighted by molar-refractivity contribution is 5.78. The van der Waals surface area contributed by atoms with Gasteiger partial charge in [0.1, 0.15) is 0 Å².